The Morgan fingerprint density at radius 2 is 2.03 bits per heavy atom. The molecule has 2 bridgehead atoms. The van der Waals surface area contributed by atoms with Crippen molar-refractivity contribution in [3.63, 3.8) is 0 Å². The molecule has 0 amide bonds. The fourth-order valence-electron chi connectivity index (χ4n) is 5.20. The molecule has 4 atom stereocenters. The molecule has 15 heteroatoms. The number of H-pyrrole nitrogens is 1. The van der Waals surface area contributed by atoms with Crippen LogP contribution in [0.15, 0.2) is 40.0 Å². The number of nitrogen functional groups attached to an aromatic ring is 1. The first-order valence-electron chi connectivity index (χ1n) is 10.2. The highest BCUT2D eigenvalue weighted by molar-refractivity contribution is 9.10. The minimum atomic E-state index is -4.07. The van der Waals surface area contributed by atoms with Crippen LogP contribution in [0.2, 0.25) is 0 Å². The van der Waals surface area contributed by atoms with Crippen molar-refractivity contribution in [2.24, 2.45) is 0 Å². The Kier molecular flexibility index (Phi) is 3.95. The highest BCUT2D eigenvalue weighted by Gasteiger charge is 2.84. The van der Waals surface area contributed by atoms with Gasteiger partial charge in [-0.05, 0) is 33.6 Å². The maximum absolute atomic E-state index is 13.3. The first-order valence-corrected chi connectivity index (χ1v) is 12.6. The number of ether oxygens (including phenoxy) is 1. The van der Waals surface area contributed by atoms with E-state index < -0.39 is 37.3 Å². The summed E-state index contributed by atoms with van der Waals surface area (Å²) in [5, 5.41) is 11.1. The summed E-state index contributed by atoms with van der Waals surface area (Å²) in [6, 6.07) is 7.16. The van der Waals surface area contributed by atoms with E-state index in [1.54, 1.807) is 18.3 Å². The Bertz CT molecular complexity index is 1570. The molecule has 0 radical (unpaired) electrons. The van der Waals surface area contributed by atoms with Crippen LogP contribution in [0.4, 0.5) is 5.69 Å². The van der Waals surface area contributed by atoms with Gasteiger partial charge in [0.2, 0.25) is 5.78 Å². The zero-order valence-corrected chi connectivity index (χ0v) is 19.6. The first kappa shape index (κ1) is 20.9. The van der Waals surface area contributed by atoms with Crippen LogP contribution in [0.25, 0.3) is 28.2 Å². The van der Waals surface area contributed by atoms with E-state index in [9.17, 15) is 19.7 Å². The SMILES string of the molecule is Nc1ccc(-c2cn3c(=O)c4nc(Br)n(C56CC7(O[P+](O)(O)OCC7O5)C6O)c4nc3[nH]2)cc1. The van der Waals surface area contributed by atoms with Gasteiger partial charge in [-0.15, -0.1) is 4.52 Å². The van der Waals surface area contributed by atoms with Crippen LogP contribution in [-0.2, 0) is 19.5 Å². The third kappa shape index (κ3) is 2.49. The van der Waals surface area contributed by atoms with Gasteiger partial charge in [0, 0.05) is 18.3 Å². The van der Waals surface area contributed by atoms with Gasteiger partial charge >= 0.3 is 8.17 Å². The molecule has 3 saturated heterocycles. The number of rotatable bonds is 2. The van der Waals surface area contributed by atoms with Gasteiger partial charge < -0.3 is 20.6 Å². The lowest BCUT2D eigenvalue weighted by Crippen LogP contribution is -2.68. The second-order valence-corrected chi connectivity index (χ2v) is 10.8. The lowest BCUT2D eigenvalue weighted by molar-refractivity contribution is -0.217. The number of fused-ring (bicyclic) bond motifs is 2. The van der Waals surface area contributed by atoms with E-state index in [1.807, 2.05) is 12.1 Å². The molecule has 4 aromatic rings. The van der Waals surface area contributed by atoms with E-state index in [0.29, 0.717) is 11.4 Å². The molecule has 4 unspecified atom stereocenters. The van der Waals surface area contributed by atoms with Crippen LogP contribution in [0.3, 0.4) is 0 Å². The molecular weight excluding hydrogens is 535 g/mol. The molecule has 176 valence electrons. The van der Waals surface area contributed by atoms with Crippen molar-refractivity contribution in [3.05, 3.63) is 45.5 Å². The number of aliphatic hydroxyl groups is 1. The van der Waals surface area contributed by atoms with Gasteiger partial charge in [-0.1, -0.05) is 12.1 Å². The number of hydrogen-bond donors (Lipinski definition) is 5. The second kappa shape index (κ2) is 6.42. The summed E-state index contributed by atoms with van der Waals surface area (Å²) in [6.07, 6.45) is -0.307. The predicted molar refractivity (Wildman–Crippen MR) is 121 cm³/mol. The van der Waals surface area contributed by atoms with Gasteiger partial charge in [0.05, 0.1) is 5.69 Å². The molecular formula is C19H17BrN6O7P+. The number of aliphatic hydroxyl groups excluding tert-OH is 1. The van der Waals surface area contributed by atoms with E-state index >= 15 is 0 Å². The molecule has 1 aliphatic carbocycles. The van der Waals surface area contributed by atoms with Gasteiger partial charge in [-0.3, -0.25) is 9.36 Å². The number of halogens is 1. The van der Waals surface area contributed by atoms with Crippen molar-refractivity contribution < 1.29 is 28.7 Å². The molecule has 1 spiro atoms. The molecule has 3 aliphatic heterocycles. The van der Waals surface area contributed by atoms with Crippen LogP contribution >= 0.6 is 24.1 Å². The van der Waals surface area contributed by atoms with Crippen molar-refractivity contribution in [3.8, 4) is 11.3 Å². The smallest absolute Gasteiger partial charge is 0.399 e. The monoisotopic (exact) mass is 551 g/mol. The maximum Gasteiger partial charge on any atom is 0.570 e. The fourth-order valence-corrected chi connectivity index (χ4v) is 6.95. The molecule has 34 heavy (non-hydrogen) atoms. The third-order valence-corrected chi connectivity index (χ3v) is 8.37. The molecule has 6 heterocycles. The Hall–Kier alpha value is -2.42. The van der Waals surface area contributed by atoms with E-state index in [4.69, 9.17) is 19.5 Å². The zero-order valence-electron chi connectivity index (χ0n) is 17.1. The van der Waals surface area contributed by atoms with E-state index in [2.05, 4.69) is 30.9 Å². The van der Waals surface area contributed by atoms with E-state index in [1.165, 1.54) is 8.97 Å². The lowest BCUT2D eigenvalue weighted by atomic mass is 9.70. The largest absolute Gasteiger partial charge is 0.570 e. The highest BCUT2D eigenvalue weighted by Crippen LogP contribution is 2.71. The number of hydrogen-bond acceptors (Lipinski definition) is 10. The van der Waals surface area contributed by atoms with Crippen molar-refractivity contribution in [2.45, 2.75) is 30.0 Å². The van der Waals surface area contributed by atoms with Gasteiger partial charge in [0.1, 0.15) is 18.8 Å². The summed E-state index contributed by atoms with van der Waals surface area (Å²) in [5.41, 5.74) is 4.98. The summed E-state index contributed by atoms with van der Waals surface area (Å²) in [4.78, 5) is 45.2. The Morgan fingerprint density at radius 3 is 2.76 bits per heavy atom. The molecule has 3 aromatic heterocycles. The van der Waals surface area contributed by atoms with Crippen LogP contribution < -0.4 is 11.3 Å². The van der Waals surface area contributed by atoms with Gasteiger partial charge in [0.15, 0.2) is 27.2 Å². The molecule has 8 rings (SSSR count). The Balaban J connectivity index is 1.38. The van der Waals surface area contributed by atoms with Gasteiger partial charge in [0.25, 0.3) is 5.56 Å². The summed E-state index contributed by atoms with van der Waals surface area (Å²) in [6.45, 7) is -0.161. The van der Waals surface area contributed by atoms with Crippen LogP contribution in [0.1, 0.15) is 6.42 Å². The number of nitrogens with two attached hydrogens (primary N) is 1. The van der Waals surface area contributed by atoms with Crippen molar-refractivity contribution in [1.29, 1.82) is 0 Å². The lowest BCUT2D eigenvalue weighted by Gasteiger charge is -2.48. The average Bonchev–Trinajstić information content (AvgIpc) is 3.50. The summed E-state index contributed by atoms with van der Waals surface area (Å²) >= 11 is 3.37. The van der Waals surface area contributed by atoms with E-state index in [-0.39, 0.29) is 34.7 Å². The van der Waals surface area contributed by atoms with Crippen molar-refractivity contribution in [2.75, 3.05) is 12.3 Å². The summed E-state index contributed by atoms with van der Waals surface area (Å²) in [7, 11) is -4.07. The minimum Gasteiger partial charge on any atom is -0.399 e. The van der Waals surface area contributed by atoms with Crippen LogP contribution in [0.5, 0.6) is 0 Å². The third-order valence-electron chi connectivity index (χ3n) is 6.77. The van der Waals surface area contributed by atoms with Crippen LogP contribution in [-0.4, -0.2) is 63.2 Å². The highest BCUT2D eigenvalue weighted by atomic mass is 79.9. The fraction of sp³-hybridized carbons (Fsp3) is 0.316. The Labute approximate surface area is 198 Å². The molecule has 4 fully saturated rings. The number of aromatic amines is 1. The van der Waals surface area contributed by atoms with Gasteiger partial charge in [-0.25, -0.2) is 9.38 Å². The molecule has 4 aliphatic rings. The van der Waals surface area contributed by atoms with Crippen LogP contribution in [0, 0.1) is 0 Å². The quantitative estimate of drug-likeness (QED) is 0.135. The number of nitrogens with zero attached hydrogens (tertiary/aromatic N) is 4. The number of benzene rings is 1. The van der Waals surface area contributed by atoms with Crippen molar-refractivity contribution >= 4 is 46.7 Å². The topological polar surface area (TPSA) is 182 Å². The van der Waals surface area contributed by atoms with E-state index in [0.717, 1.165) is 5.56 Å². The minimum absolute atomic E-state index is 0.0663. The maximum atomic E-state index is 13.3. The number of imidazole rings is 2. The number of nitrogens with one attached hydrogen (secondary N) is 1. The second-order valence-electron chi connectivity index (χ2n) is 8.65. The first-order chi connectivity index (χ1) is 16.1. The molecule has 13 nitrogen and oxygen atoms in total. The number of anilines is 1. The summed E-state index contributed by atoms with van der Waals surface area (Å²) < 4.78 is 19.5. The zero-order chi connectivity index (χ0) is 23.6. The van der Waals surface area contributed by atoms with Crippen molar-refractivity contribution in [1.82, 2.24) is 23.9 Å². The predicted octanol–water partition coefficient (Wildman–Crippen LogP) is 0.648. The molecule has 1 aromatic carbocycles. The van der Waals surface area contributed by atoms with Gasteiger partial charge in [-0.2, -0.15) is 19.3 Å². The average molecular weight is 552 g/mol. The Morgan fingerprint density at radius 1 is 1.26 bits per heavy atom. The molecule has 1 saturated carbocycles. The molecule has 6 N–H and O–H groups in total. The normalized spacial score (nSPS) is 31.6. The standard InChI is InChI=1S/C19H16BrN6O7P/c20-16-23-12-13(24-17-22-10(5-25(17)14(12)27)8-1-3-9(21)4-2-8)26(16)19-7-18(15(19)28)11(32-19)6-31-34(29,30)33-18/h1-5,11,15,28-30H,6-7,21H2/p+1. The number of aromatic nitrogens is 5. The summed E-state index contributed by atoms with van der Waals surface area (Å²) in [5.74, 6) is 0.267.